The van der Waals surface area contributed by atoms with Gasteiger partial charge in [0, 0.05) is 18.4 Å². The van der Waals surface area contributed by atoms with E-state index in [9.17, 15) is 4.79 Å². The Morgan fingerprint density at radius 1 is 0.882 bits per heavy atom. The molecule has 0 amide bonds. The Hall–Kier alpha value is -1.51. The fourth-order valence-corrected chi connectivity index (χ4v) is 5.74. The van der Waals surface area contributed by atoms with E-state index >= 15 is 0 Å². The standard InChI is InChI=1S/C31H52O3/c1-20(2)14-11-15-21(3)16-12-17-22(4)18-13-19-31(10)26(8)28-25(7)29(33-27(9)32)23(5)24(6)30(28)34-31/h20-22,26H,11-19H2,1-10H3/t21?,22?,26-,31-/m1/s1. The molecule has 34 heavy (non-hydrogen) atoms. The third-order valence-electron chi connectivity index (χ3n) is 8.41. The number of esters is 1. The molecule has 3 nitrogen and oxygen atoms in total. The lowest BCUT2D eigenvalue weighted by Crippen LogP contribution is -2.33. The molecule has 0 radical (unpaired) electrons. The number of ether oxygens (including phenoxy) is 2. The van der Waals surface area contributed by atoms with Crippen molar-refractivity contribution in [1.29, 1.82) is 0 Å². The van der Waals surface area contributed by atoms with Gasteiger partial charge >= 0.3 is 5.97 Å². The fourth-order valence-electron chi connectivity index (χ4n) is 5.74. The molecule has 1 aliphatic rings. The van der Waals surface area contributed by atoms with Crippen LogP contribution in [0.5, 0.6) is 11.5 Å². The van der Waals surface area contributed by atoms with Crippen LogP contribution in [0.25, 0.3) is 0 Å². The van der Waals surface area contributed by atoms with Crippen LogP contribution in [-0.2, 0) is 4.79 Å². The number of rotatable bonds is 13. The van der Waals surface area contributed by atoms with E-state index in [1.54, 1.807) is 0 Å². The molecule has 1 aromatic rings. The van der Waals surface area contributed by atoms with Gasteiger partial charge in [0.15, 0.2) is 0 Å². The summed E-state index contributed by atoms with van der Waals surface area (Å²) in [7, 11) is 0. The van der Waals surface area contributed by atoms with Crippen molar-refractivity contribution in [2.24, 2.45) is 17.8 Å². The second-order valence-corrected chi connectivity index (χ2v) is 12.0. The van der Waals surface area contributed by atoms with Crippen LogP contribution in [0.15, 0.2) is 0 Å². The molecule has 1 heterocycles. The maximum Gasteiger partial charge on any atom is 0.308 e. The Morgan fingerprint density at radius 3 is 1.94 bits per heavy atom. The summed E-state index contributed by atoms with van der Waals surface area (Å²) in [4.78, 5) is 11.7. The third kappa shape index (κ3) is 7.25. The van der Waals surface area contributed by atoms with Crippen molar-refractivity contribution >= 4 is 5.97 Å². The lowest BCUT2D eigenvalue weighted by atomic mass is 9.80. The Labute approximate surface area is 210 Å². The summed E-state index contributed by atoms with van der Waals surface area (Å²) in [5.74, 6) is 4.21. The first-order valence-corrected chi connectivity index (χ1v) is 13.9. The van der Waals surface area contributed by atoms with Crippen LogP contribution in [0.2, 0.25) is 0 Å². The molecular formula is C31H52O3. The molecule has 0 saturated heterocycles. The van der Waals surface area contributed by atoms with Gasteiger partial charge in [-0.3, -0.25) is 4.79 Å². The molecule has 0 fully saturated rings. The molecule has 2 rings (SSSR count). The zero-order chi connectivity index (χ0) is 25.6. The van der Waals surface area contributed by atoms with Gasteiger partial charge in [0.25, 0.3) is 0 Å². The highest BCUT2D eigenvalue weighted by molar-refractivity contribution is 5.72. The molecule has 1 aliphatic heterocycles. The van der Waals surface area contributed by atoms with E-state index in [0.717, 1.165) is 52.4 Å². The van der Waals surface area contributed by atoms with Gasteiger partial charge in [-0.2, -0.15) is 0 Å². The average Bonchev–Trinajstić information content (AvgIpc) is 3.00. The largest absolute Gasteiger partial charge is 0.486 e. The molecule has 3 heteroatoms. The van der Waals surface area contributed by atoms with E-state index in [2.05, 4.69) is 55.4 Å². The summed E-state index contributed by atoms with van der Waals surface area (Å²) in [6, 6.07) is 0. The van der Waals surface area contributed by atoms with E-state index in [1.807, 2.05) is 6.92 Å². The van der Waals surface area contributed by atoms with Crippen LogP contribution >= 0.6 is 0 Å². The van der Waals surface area contributed by atoms with Crippen molar-refractivity contribution in [3.8, 4) is 11.5 Å². The molecule has 2 unspecified atom stereocenters. The van der Waals surface area contributed by atoms with E-state index in [4.69, 9.17) is 9.47 Å². The molecule has 194 valence electrons. The van der Waals surface area contributed by atoms with Crippen molar-refractivity contribution in [3.05, 3.63) is 22.3 Å². The highest BCUT2D eigenvalue weighted by atomic mass is 16.5. The molecule has 4 atom stereocenters. The Bertz CT molecular complexity index is 825. The van der Waals surface area contributed by atoms with Crippen molar-refractivity contribution in [2.45, 2.75) is 139 Å². The number of benzene rings is 1. The predicted molar refractivity (Wildman–Crippen MR) is 144 cm³/mol. The lowest BCUT2D eigenvalue weighted by molar-refractivity contribution is -0.131. The first kappa shape index (κ1) is 28.7. The minimum absolute atomic E-state index is 0.205. The maximum atomic E-state index is 11.7. The minimum atomic E-state index is -0.265. The van der Waals surface area contributed by atoms with Crippen LogP contribution < -0.4 is 9.47 Å². The minimum Gasteiger partial charge on any atom is -0.486 e. The zero-order valence-electron chi connectivity index (χ0n) is 23.9. The topological polar surface area (TPSA) is 35.5 Å². The van der Waals surface area contributed by atoms with Gasteiger partial charge < -0.3 is 9.47 Å². The van der Waals surface area contributed by atoms with Gasteiger partial charge in [-0.1, -0.05) is 79.6 Å². The summed E-state index contributed by atoms with van der Waals surface area (Å²) in [5, 5.41) is 0. The molecule has 0 N–H and O–H groups in total. The first-order valence-electron chi connectivity index (χ1n) is 13.9. The molecular weight excluding hydrogens is 420 g/mol. The number of fused-ring (bicyclic) bond motifs is 1. The Kier molecular flexibility index (Phi) is 10.5. The molecule has 1 aromatic carbocycles. The van der Waals surface area contributed by atoms with Crippen molar-refractivity contribution in [1.82, 2.24) is 0 Å². The van der Waals surface area contributed by atoms with Crippen molar-refractivity contribution in [2.75, 3.05) is 0 Å². The van der Waals surface area contributed by atoms with Crippen LogP contribution in [0, 0.1) is 38.5 Å². The van der Waals surface area contributed by atoms with Gasteiger partial charge in [0.05, 0.1) is 0 Å². The number of hydrogen-bond donors (Lipinski definition) is 0. The van der Waals surface area contributed by atoms with Crippen LogP contribution in [0.1, 0.15) is 134 Å². The molecule has 0 aromatic heterocycles. The molecule has 0 spiro atoms. The average molecular weight is 473 g/mol. The van der Waals surface area contributed by atoms with Gasteiger partial charge in [-0.05, 0) is 75.0 Å². The third-order valence-corrected chi connectivity index (χ3v) is 8.41. The predicted octanol–water partition coefficient (Wildman–Crippen LogP) is 9.23. The fraction of sp³-hybridized carbons (Fsp3) is 0.774. The highest BCUT2D eigenvalue weighted by Crippen LogP contribution is 2.53. The summed E-state index contributed by atoms with van der Waals surface area (Å²) < 4.78 is 12.3. The van der Waals surface area contributed by atoms with Gasteiger partial charge in [0.2, 0.25) is 0 Å². The number of carbonyl (C=O) groups excluding carboxylic acids is 1. The van der Waals surface area contributed by atoms with Crippen molar-refractivity contribution in [3.63, 3.8) is 0 Å². The summed E-state index contributed by atoms with van der Waals surface area (Å²) >= 11 is 0. The SMILES string of the molecule is CC(=O)Oc1c(C)c(C)c2c(c1C)[C@@H](C)[C@@](C)(CCCC(C)CCCC(C)CCCC(C)C)O2. The second kappa shape index (κ2) is 12.5. The van der Waals surface area contributed by atoms with Gasteiger partial charge in [-0.15, -0.1) is 0 Å². The first-order chi connectivity index (χ1) is 15.9. The zero-order valence-corrected chi connectivity index (χ0v) is 23.9. The number of hydrogen-bond acceptors (Lipinski definition) is 3. The van der Waals surface area contributed by atoms with Crippen LogP contribution in [0.3, 0.4) is 0 Å². The Morgan fingerprint density at radius 2 is 1.41 bits per heavy atom. The highest BCUT2D eigenvalue weighted by Gasteiger charge is 2.44. The molecule has 0 aliphatic carbocycles. The van der Waals surface area contributed by atoms with Crippen LogP contribution in [0.4, 0.5) is 0 Å². The monoisotopic (exact) mass is 472 g/mol. The summed E-state index contributed by atoms with van der Waals surface area (Å²) in [6.07, 6.45) is 11.7. The normalized spacial score (nSPS) is 21.3. The maximum absolute atomic E-state index is 11.7. The van der Waals surface area contributed by atoms with Crippen molar-refractivity contribution < 1.29 is 14.3 Å². The number of carbonyl (C=O) groups is 1. The molecule has 0 saturated carbocycles. The lowest BCUT2D eigenvalue weighted by Gasteiger charge is -2.29. The van der Waals surface area contributed by atoms with E-state index in [0.29, 0.717) is 0 Å². The van der Waals surface area contributed by atoms with Gasteiger partial charge in [0.1, 0.15) is 17.1 Å². The second-order valence-electron chi connectivity index (χ2n) is 12.0. The van der Waals surface area contributed by atoms with E-state index in [1.165, 1.54) is 63.9 Å². The summed E-state index contributed by atoms with van der Waals surface area (Å²) in [6.45, 7) is 21.7. The smallest absolute Gasteiger partial charge is 0.308 e. The quantitative estimate of drug-likeness (QED) is 0.212. The van der Waals surface area contributed by atoms with E-state index < -0.39 is 0 Å². The van der Waals surface area contributed by atoms with Gasteiger partial charge in [-0.25, -0.2) is 0 Å². The molecule has 0 bridgehead atoms. The van der Waals surface area contributed by atoms with Crippen LogP contribution in [-0.4, -0.2) is 11.6 Å². The Balaban J connectivity index is 1.87. The van der Waals surface area contributed by atoms with E-state index in [-0.39, 0.29) is 17.5 Å². The summed E-state index contributed by atoms with van der Waals surface area (Å²) in [5.41, 5.74) is 4.18.